The normalized spacial score (nSPS) is 15.4. The Morgan fingerprint density at radius 1 is 0.962 bits per heavy atom. The summed E-state index contributed by atoms with van der Waals surface area (Å²) < 4.78 is 27.3. The predicted octanol–water partition coefficient (Wildman–Crippen LogP) is 3.83. The Morgan fingerprint density at radius 2 is 1.62 bits per heavy atom. The molecule has 0 spiro atoms. The Morgan fingerprint density at radius 3 is 2.27 bits per heavy atom. The number of benzene rings is 2. The minimum atomic E-state index is -0.775. The van der Waals surface area contributed by atoms with Crippen LogP contribution < -0.4 is 5.32 Å². The molecule has 0 atom stereocenters. The van der Waals surface area contributed by atoms with Gasteiger partial charge in [0.05, 0.1) is 0 Å². The van der Waals surface area contributed by atoms with Crippen molar-refractivity contribution in [1.29, 1.82) is 0 Å². The fraction of sp³-hybridized carbons (Fsp3) is 0.250. The van der Waals surface area contributed by atoms with Crippen molar-refractivity contribution in [3.63, 3.8) is 0 Å². The zero-order chi connectivity index (χ0) is 18.4. The van der Waals surface area contributed by atoms with Gasteiger partial charge in [-0.15, -0.1) is 0 Å². The number of carbonyl (C=O) groups is 1. The molecule has 0 unspecified atom stereocenters. The van der Waals surface area contributed by atoms with Gasteiger partial charge in [0.25, 0.3) is 0 Å². The van der Waals surface area contributed by atoms with Crippen LogP contribution in [0.25, 0.3) is 6.08 Å². The molecule has 1 heterocycles. The maximum absolute atomic E-state index is 13.6. The highest BCUT2D eigenvalue weighted by Gasteiger charge is 2.22. The number of amides is 2. The average molecular weight is 357 g/mol. The minimum absolute atomic E-state index is 0.397. The average Bonchev–Trinajstić information content (AvgIpc) is 2.66. The van der Waals surface area contributed by atoms with Gasteiger partial charge in [-0.25, -0.2) is 13.6 Å². The first kappa shape index (κ1) is 18.1. The lowest BCUT2D eigenvalue weighted by Gasteiger charge is -2.34. The summed E-state index contributed by atoms with van der Waals surface area (Å²) in [6.07, 6.45) is 4.17. The van der Waals surface area contributed by atoms with E-state index < -0.39 is 23.4 Å². The number of rotatable bonds is 4. The number of nitrogens with one attached hydrogen (secondary N) is 1. The molecule has 0 radical (unpaired) electrons. The fourth-order valence-corrected chi connectivity index (χ4v) is 2.84. The van der Waals surface area contributed by atoms with E-state index in [0.29, 0.717) is 26.2 Å². The van der Waals surface area contributed by atoms with Crippen LogP contribution in [-0.2, 0) is 0 Å². The van der Waals surface area contributed by atoms with Gasteiger partial charge in [-0.3, -0.25) is 4.90 Å². The van der Waals surface area contributed by atoms with E-state index in [1.807, 2.05) is 30.3 Å². The molecule has 4 nitrogen and oxygen atoms in total. The standard InChI is InChI=1S/C20H21F2N3O/c21-17-9-4-10-18(22)19(17)23-20(26)25-14-12-24(13-15-25)11-5-8-16-6-2-1-3-7-16/h1-10H,11-15H2,(H,23,26)/b8-5-. The molecule has 0 bridgehead atoms. The Bertz CT molecular complexity index is 752. The molecule has 0 aliphatic carbocycles. The van der Waals surface area contributed by atoms with Gasteiger partial charge in [-0.2, -0.15) is 0 Å². The predicted molar refractivity (Wildman–Crippen MR) is 98.9 cm³/mol. The molecule has 2 aromatic rings. The summed E-state index contributed by atoms with van der Waals surface area (Å²) in [5, 5.41) is 2.33. The zero-order valence-corrected chi connectivity index (χ0v) is 14.4. The molecule has 1 N–H and O–H groups in total. The lowest BCUT2D eigenvalue weighted by molar-refractivity contribution is 0.155. The second kappa shape index (κ2) is 8.58. The first-order valence-corrected chi connectivity index (χ1v) is 8.57. The molecule has 2 aromatic carbocycles. The third kappa shape index (κ3) is 4.67. The molecule has 136 valence electrons. The highest BCUT2D eigenvalue weighted by molar-refractivity contribution is 5.89. The van der Waals surface area contributed by atoms with Crippen LogP contribution in [0.15, 0.2) is 54.6 Å². The van der Waals surface area contributed by atoms with E-state index in [4.69, 9.17) is 0 Å². The van der Waals surface area contributed by atoms with Crippen LogP contribution in [0, 0.1) is 11.6 Å². The molecule has 0 aromatic heterocycles. The van der Waals surface area contributed by atoms with Gasteiger partial charge >= 0.3 is 6.03 Å². The fourth-order valence-electron chi connectivity index (χ4n) is 2.84. The van der Waals surface area contributed by atoms with Crippen molar-refractivity contribution in [3.05, 3.63) is 71.8 Å². The number of carbonyl (C=O) groups excluding carboxylic acids is 1. The molecule has 26 heavy (non-hydrogen) atoms. The van der Waals surface area contributed by atoms with Crippen LogP contribution >= 0.6 is 0 Å². The summed E-state index contributed by atoms with van der Waals surface area (Å²) in [6.45, 7) is 3.26. The van der Waals surface area contributed by atoms with E-state index in [9.17, 15) is 13.6 Å². The molecular weight excluding hydrogens is 336 g/mol. The number of urea groups is 1. The van der Waals surface area contributed by atoms with Crippen LogP contribution in [0.2, 0.25) is 0 Å². The third-order valence-electron chi connectivity index (χ3n) is 4.33. The van der Waals surface area contributed by atoms with Crippen LogP contribution in [0.5, 0.6) is 0 Å². The number of anilines is 1. The molecule has 2 amide bonds. The molecule has 1 aliphatic heterocycles. The number of piperazine rings is 1. The van der Waals surface area contributed by atoms with Crippen molar-refractivity contribution in [2.75, 3.05) is 38.0 Å². The second-order valence-electron chi connectivity index (χ2n) is 6.13. The smallest absolute Gasteiger partial charge is 0.322 e. The number of para-hydroxylation sites is 1. The Hall–Kier alpha value is -2.73. The van der Waals surface area contributed by atoms with Crippen LogP contribution in [-0.4, -0.2) is 48.6 Å². The molecule has 1 saturated heterocycles. The van der Waals surface area contributed by atoms with Gasteiger partial charge in [-0.05, 0) is 17.7 Å². The quantitative estimate of drug-likeness (QED) is 0.903. The topological polar surface area (TPSA) is 35.6 Å². The molecule has 1 fully saturated rings. The minimum Gasteiger partial charge on any atom is -0.322 e. The number of hydrogen-bond donors (Lipinski definition) is 1. The SMILES string of the molecule is O=C(Nc1c(F)cccc1F)N1CCN(C/C=C\c2ccccc2)CC1. The lowest BCUT2D eigenvalue weighted by Crippen LogP contribution is -2.50. The summed E-state index contributed by atoms with van der Waals surface area (Å²) in [5.41, 5.74) is 0.753. The first-order valence-electron chi connectivity index (χ1n) is 8.57. The number of hydrogen-bond acceptors (Lipinski definition) is 2. The molecule has 3 rings (SSSR count). The molecule has 0 saturated carbocycles. The Kier molecular flexibility index (Phi) is 5.96. The van der Waals surface area contributed by atoms with Crippen LogP contribution in [0.4, 0.5) is 19.3 Å². The molecule has 6 heteroatoms. The van der Waals surface area contributed by atoms with Crippen molar-refractivity contribution in [1.82, 2.24) is 9.80 Å². The Balaban J connectivity index is 1.47. The van der Waals surface area contributed by atoms with E-state index in [2.05, 4.69) is 22.4 Å². The highest BCUT2D eigenvalue weighted by Crippen LogP contribution is 2.18. The largest absolute Gasteiger partial charge is 0.322 e. The Labute approximate surface area is 151 Å². The second-order valence-corrected chi connectivity index (χ2v) is 6.13. The summed E-state index contributed by atoms with van der Waals surface area (Å²) >= 11 is 0. The third-order valence-corrected chi connectivity index (χ3v) is 4.33. The van der Waals surface area contributed by atoms with Crippen molar-refractivity contribution in [2.24, 2.45) is 0 Å². The molecule has 1 aliphatic rings. The van der Waals surface area contributed by atoms with Gasteiger partial charge in [0, 0.05) is 32.7 Å². The van der Waals surface area contributed by atoms with Gasteiger partial charge in [0.2, 0.25) is 0 Å². The van der Waals surface area contributed by atoms with Crippen LogP contribution in [0.3, 0.4) is 0 Å². The summed E-state index contributed by atoms with van der Waals surface area (Å²) in [7, 11) is 0. The van der Waals surface area contributed by atoms with Crippen molar-refractivity contribution < 1.29 is 13.6 Å². The maximum atomic E-state index is 13.6. The van der Waals surface area contributed by atoms with Gasteiger partial charge in [-0.1, -0.05) is 48.6 Å². The van der Waals surface area contributed by atoms with E-state index in [0.717, 1.165) is 24.2 Å². The lowest BCUT2D eigenvalue weighted by atomic mass is 10.2. The summed E-state index contributed by atoms with van der Waals surface area (Å²) in [6, 6.07) is 13.1. The zero-order valence-electron chi connectivity index (χ0n) is 14.4. The van der Waals surface area contributed by atoms with Crippen molar-refractivity contribution >= 4 is 17.8 Å². The van der Waals surface area contributed by atoms with E-state index >= 15 is 0 Å². The van der Waals surface area contributed by atoms with E-state index in [-0.39, 0.29) is 0 Å². The van der Waals surface area contributed by atoms with E-state index in [1.165, 1.54) is 6.07 Å². The van der Waals surface area contributed by atoms with Gasteiger partial charge in [0.1, 0.15) is 17.3 Å². The summed E-state index contributed by atoms with van der Waals surface area (Å²) in [4.78, 5) is 16.0. The van der Waals surface area contributed by atoms with Gasteiger partial charge in [0.15, 0.2) is 0 Å². The number of nitrogens with zero attached hydrogens (tertiary/aromatic N) is 2. The highest BCUT2D eigenvalue weighted by atomic mass is 19.1. The van der Waals surface area contributed by atoms with Crippen LogP contribution in [0.1, 0.15) is 5.56 Å². The van der Waals surface area contributed by atoms with Gasteiger partial charge < -0.3 is 10.2 Å². The van der Waals surface area contributed by atoms with Crippen molar-refractivity contribution in [2.45, 2.75) is 0 Å². The number of halogens is 2. The van der Waals surface area contributed by atoms with E-state index in [1.54, 1.807) is 4.90 Å². The summed E-state index contributed by atoms with van der Waals surface area (Å²) in [5.74, 6) is -1.55. The first-order chi connectivity index (χ1) is 12.6. The maximum Gasteiger partial charge on any atom is 0.322 e. The molecular formula is C20H21F2N3O. The monoisotopic (exact) mass is 357 g/mol. The van der Waals surface area contributed by atoms with Crippen molar-refractivity contribution in [3.8, 4) is 0 Å².